The first kappa shape index (κ1) is 27.8. The number of rotatable bonds is 8. The third-order valence-corrected chi connectivity index (χ3v) is 5.91. The summed E-state index contributed by atoms with van der Waals surface area (Å²) in [6, 6.07) is 20.0. The van der Waals surface area contributed by atoms with Gasteiger partial charge in [-0.05, 0) is 55.8 Å². The topological polar surface area (TPSA) is 82.2 Å². The summed E-state index contributed by atoms with van der Waals surface area (Å²) in [4.78, 5) is 38.0. The van der Waals surface area contributed by atoms with Crippen LogP contribution in [0.3, 0.4) is 0 Å². The van der Waals surface area contributed by atoms with Gasteiger partial charge in [0.25, 0.3) is 0 Å². The van der Waals surface area contributed by atoms with Crippen molar-refractivity contribution in [3.63, 3.8) is 0 Å². The molecule has 0 radical (unpaired) electrons. The van der Waals surface area contributed by atoms with Crippen LogP contribution in [0.1, 0.15) is 90.2 Å². The van der Waals surface area contributed by atoms with Gasteiger partial charge in [-0.25, -0.2) is 9.59 Å². The zero-order valence-corrected chi connectivity index (χ0v) is 22.0. The molecule has 0 amide bonds. The predicted octanol–water partition coefficient (Wildman–Crippen LogP) is 7.23. The van der Waals surface area contributed by atoms with E-state index in [9.17, 15) is 14.4 Å². The zero-order valence-electron chi connectivity index (χ0n) is 22.0. The molecule has 6 nitrogen and oxygen atoms in total. The lowest BCUT2D eigenvalue weighted by atomic mass is 9.96. The van der Waals surface area contributed by atoms with E-state index >= 15 is 0 Å². The number of hydrogen-bond acceptors (Lipinski definition) is 6. The number of benzene rings is 3. The van der Waals surface area contributed by atoms with Crippen LogP contribution in [0.5, 0.6) is 11.5 Å². The Morgan fingerprint density at radius 2 is 1.24 bits per heavy atom. The van der Waals surface area contributed by atoms with Crippen molar-refractivity contribution in [1.82, 2.24) is 0 Å². The van der Waals surface area contributed by atoms with E-state index in [-0.39, 0.29) is 35.2 Å². The van der Waals surface area contributed by atoms with E-state index in [0.717, 1.165) is 5.56 Å². The molecule has 0 N–H and O–H groups in total. The molecular formula is C31H34O6. The van der Waals surface area contributed by atoms with E-state index in [2.05, 4.69) is 13.8 Å². The van der Waals surface area contributed by atoms with E-state index in [1.807, 2.05) is 32.9 Å². The summed E-state index contributed by atoms with van der Waals surface area (Å²) in [5, 5.41) is 0. The molecule has 6 heteroatoms. The third-order valence-electron chi connectivity index (χ3n) is 5.91. The van der Waals surface area contributed by atoms with Crippen molar-refractivity contribution in [3.05, 3.63) is 95.1 Å². The molecule has 0 aliphatic carbocycles. The number of para-hydroxylation sites is 2. The summed E-state index contributed by atoms with van der Waals surface area (Å²) < 4.78 is 16.6. The summed E-state index contributed by atoms with van der Waals surface area (Å²) in [5.74, 6) is -0.734. The Balaban J connectivity index is 0.00000121. The minimum absolute atomic E-state index is 0.0729. The molecular weight excluding hydrogens is 468 g/mol. The number of carbonyl (C=O) groups is 3. The van der Waals surface area contributed by atoms with Gasteiger partial charge >= 0.3 is 11.9 Å². The van der Waals surface area contributed by atoms with Crippen LogP contribution in [0.25, 0.3) is 0 Å². The molecule has 3 aromatic carbocycles. The molecule has 1 fully saturated rings. The van der Waals surface area contributed by atoms with Crippen LogP contribution < -0.4 is 9.47 Å². The molecule has 37 heavy (non-hydrogen) atoms. The van der Waals surface area contributed by atoms with Gasteiger partial charge in [0, 0.05) is 11.5 Å². The maximum Gasteiger partial charge on any atom is 0.343 e. The van der Waals surface area contributed by atoms with Crippen molar-refractivity contribution in [1.29, 1.82) is 0 Å². The lowest BCUT2D eigenvalue weighted by Crippen LogP contribution is -2.15. The summed E-state index contributed by atoms with van der Waals surface area (Å²) >= 11 is 0. The Labute approximate surface area is 218 Å². The van der Waals surface area contributed by atoms with Gasteiger partial charge in [0.2, 0.25) is 0 Å². The van der Waals surface area contributed by atoms with Gasteiger partial charge in [0.1, 0.15) is 17.6 Å². The zero-order chi connectivity index (χ0) is 26.9. The normalized spacial score (nSPS) is 16.6. The van der Waals surface area contributed by atoms with Crippen molar-refractivity contribution in [2.45, 2.75) is 59.7 Å². The first-order chi connectivity index (χ1) is 17.8. The summed E-state index contributed by atoms with van der Waals surface area (Å²) in [6.07, 6.45) is 1.96. The molecule has 1 saturated heterocycles. The van der Waals surface area contributed by atoms with Gasteiger partial charge in [0.15, 0.2) is 5.78 Å². The number of hydrogen-bond donors (Lipinski definition) is 0. The predicted molar refractivity (Wildman–Crippen MR) is 142 cm³/mol. The van der Waals surface area contributed by atoms with Crippen LogP contribution in [0.4, 0.5) is 0 Å². The average molecular weight is 503 g/mol. The highest BCUT2D eigenvalue weighted by Gasteiger charge is 2.38. The third kappa shape index (κ3) is 7.14. The number of Topliss-reactive ketones (excluding diaryl/α,β-unsaturated/α-hetero) is 1. The Bertz CT molecular complexity index is 1230. The number of epoxide rings is 1. The molecule has 194 valence electrons. The van der Waals surface area contributed by atoms with Crippen molar-refractivity contribution >= 4 is 17.7 Å². The van der Waals surface area contributed by atoms with Crippen LogP contribution in [-0.4, -0.2) is 23.8 Å². The van der Waals surface area contributed by atoms with Crippen molar-refractivity contribution in [3.8, 4) is 11.5 Å². The van der Waals surface area contributed by atoms with Crippen LogP contribution in [0.2, 0.25) is 0 Å². The quantitative estimate of drug-likeness (QED) is 0.140. The molecule has 3 unspecified atom stereocenters. The molecule has 3 atom stereocenters. The van der Waals surface area contributed by atoms with E-state index in [4.69, 9.17) is 14.2 Å². The van der Waals surface area contributed by atoms with E-state index in [1.165, 1.54) is 30.7 Å². The van der Waals surface area contributed by atoms with Gasteiger partial charge in [-0.3, -0.25) is 4.79 Å². The van der Waals surface area contributed by atoms with Gasteiger partial charge in [-0.15, -0.1) is 0 Å². The second-order valence-corrected chi connectivity index (χ2v) is 9.03. The Hall–Kier alpha value is -3.77. The van der Waals surface area contributed by atoms with E-state index in [1.54, 1.807) is 36.4 Å². The second kappa shape index (κ2) is 13.0. The maximum absolute atomic E-state index is 12.7. The summed E-state index contributed by atoms with van der Waals surface area (Å²) in [6.45, 7) is 9.98. The first-order valence-electron chi connectivity index (χ1n) is 12.7. The molecule has 0 saturated carbocycles. The summed E-state index contributed by atoms with van der Waals surface area (Å²) in [7, 11) is 0. The fraction of sp³-hybridized carbons (Fsp3) is 0.323. The maximum atomic E-state index is 12.7. The first-order valence-corrected chi connectivity index (χ1v) is 12.7. The Morgan fingerprint density at radius 3 is 1.76 bits per heavy atom. The Morgan fingerprint density at radius 1 is 0.784 bits per heavy atom. The minimum Gasteiger partial charge on any atom is -0.423 e. The van der Waals surface area contributed by atoms with Gasteiger partial charge in [-0.1, -0.05) is 64.4 Å². The molecule has 4 rings (SSSR count). The SMILES string of the molecule is CCC.CCC(C)C(=O)c1ccccc1OC(=O)c1ccc(C(=O)Oc2ccccc2C2OC2C)cc1. The lowest BCUT2D eigenvalue weighted by molar-refractivity contribution is 0.0716. The molecule has 0 aromatic heterocycles. The van der Waals surface area contributed by atoms with Crippen molar-refractivity contribution in [2.24, 2.45) is 5.92 Å². The molecule has 1 aliphatic rings. The molecule has 3 aromatic rings. The van der Waals surface area contributed by atoms with Gasteiger partial charge in [0.05, 0.1) is 22.8 Å². The standard InChI is InChI=1S/C28H26O6.C3H8/c1-4-17(2)25(29)21-9-5-7-11-23(21)33-27(30)19-13-15-20(16-14-19)28(31)34-24-12-8-6-10-22(24)26-18(3)32-26;1-3-2/h5-18,26H,4H2,1-3H3;3H2,1-2H3. The van der Waals surface area contributed by atoms with Crippen LogP contribution in [-0.2, 0) is 4.74 Å². The highest BCUT2D eigenvalue weighted by atomic mass is 16.6. The van der Waals surface area contributed by atoms with E-state index < -0.39 is 11.9 Å². The fourth-order valence-electron chi connectivity index (χ4n) is 3.59. The highest BCUT2D eigenvalue weighted by Crippen LogP contribution is 2.42. The molecule has 0 bridgehead atoms. The van der Waals surface area contributed by atoms with Gasteiger partial charge < -0.3 is 14.2 Å². The average Bonchev–Trinajstić information content (AvgIpc) is 3.65. The van der Waals surface area contributed by atoms with E-state index in [0.29, 0.717) is 23.3 Å². The number of ketones is 1. The van der Waals surface area contributed by atoms with Crippen LogP contribution in [0.15, 0.2) is 72.8 Å². The summed E-state index contributed by atoms with van der Waals surface area (Å²) in [5.41, 5.74) is 1.75. The number of ether oxygens (including phenoxy) is 3. The Kier molecular flexibility index (Phi) is 9.75. The lowest BCUT2D eigenvalue weighted by Gasteiger charge is -2.12. The monoisotopic (exact) mass is 502 g/mol. The molecule has 0 spiro atoms. The highest BCUT2D eigenvalue weighted by molar-refractivity contribution is 6.01. The van der Waals surface area contributed by atoms with Crippen molar-refractivity contribution < 1.29 is 28.6 Å². The van der Waals surface area contributed by atoms with Gasteiger partial charge in [-0.2, -0.15) is 0 Å². The largest absolute Gasteiger partial charge is 0.423 e. The molecule has 1 aliphatic heterocycles. The number of carbonyl (C=O) groups excluding carboxylic acids is 3. The minimum atomic E-state index is -0.616. The fourth-order valence-corrected chi connectivity index (χ4v) is 3.59. The van der Waals surface area contributed by atoms with Crippen LogP contribution >= 0.6 is 0 Å². The van der Waals surface area contributed by atoms with Crippen molar-refractivity contribution in [2.75, 3.05) is 0 Å². The van der Waals surface area contributed by atoms with Crippen LogP contribution in [0, 0.1) is 5.92 Å². The number of esters is 2. The molecule has 1 heterocycles. The smallest absolute Gasteiger partial charge is 0.343 e. The second-order valence-electron chi connectivity index (χ2n) is 9.03.